The fourth-order valence-corrected chi connectivity index (χ4v) is 4.20. The lowest BCUT2D eigenvalue weighted by Crippen LogP contribution is -2.24. The average Bonchev–Trinajstić information content (AvgIpc) is 3.38. The third-order valence-electron chi connectivity index (χ3n) is 5.30. The normalized spacial score (nSPS) is 11.9. The molecule has 0 saturated heterocycles. The highest BCUT2D eigenvalue weighted by Crippen LogP contribution is 2.26. The van der Waals surface area contributed by atoms with Crippen LogP contribution in [0, 0.1) is 0 Å². The summed E-state index contributed by atoms with van der Waals surface area (Å²) in [5.41, 5.74) is 2.59. The Morgan fingerprint density at radius 2 is 2.09 bits per heavy atom. The molecule has 0 bridgehead atoms. The van der Waals surface area contributed by atoms with Crippen molar-refractivity contribution in [1.82, 2.24) is 24.8 Å². The topological polar surface area (TPSA) is 94.1 Å². The monoisotopic (exact) mass is 465 g/mol. The summed E-state index contributed by atoms with van der Waals surface area (Å²) < 4.78 is 13.7. The Balaban J connectivity index is 1.60. The minimum atomic E-state index is -1.18. The highest BCUT2D eigenvalue weighted by Gasteiger charge is 2.19. The largest absolute Gasteiger partial charge is 0.437 e. The number of fused-ring (bicyclic) bond motifs is 2. The molecule has 4 aromatic rings. The zero-order valence-electron chi connectivity index (χ0n) is 19.6. The molecule has 2 N–H and O–H groups in total. The number of H-pyrrole nitrogens is 1. The molecule has 174 valence electrons. The van der Waals surface area contributed by atoms with Crippen molar-refractivity contribution in [3.05, 3.63) is 48.4 Å². The van der Waals surface area contributed by atoms with Gasteiger partial charge < -0.3 is 24.3 Å². The van der Waals surface area contributed by atoms with Gasteiger partial charge in [-0.25, -0.2) is 9.97 Å². The number of amides is 1. The lowest BCUT2D eigenvalue weighted by molar-refractivity contribution is 0.0892. The van der Waals surface area contributed by atoms with Gasteiger partial charge >= 0.3 is 0 Å². The predicted molar refractivity (Wildman–Crippen MR) is 133 cm³/mol. The summed E-state index contributed by atoms with van der Waals surface area (Å²) >= 11 is 0. The molecule has 1 amide bonds. The van der Waals surface area contributed by atoms with Crippen LogP contribution in [0.15, 0.2) is 42.9 Å². The second-order valence-electron chi connectivity index (χ2n) is 9.33. The first-order valence-electron chi connectivity index (χ1n) is 11.3. The van der Waals surface area contributed by atoms with Crippen LogP contribution in [-0.4, -0.2) is 46.7 Å². The molecular weight excluding hydrogens is 434 g/mol. The van der Waals surface area contributed by atoms with E-state index in [2.05, 4.69) is 39.9 Å². The number of ether oxygens (including phenoxy) is 2. The smallest absolute Gasteiger partial charge is 0.255 e. The number of carbonyl (C=O) groups excluding carboxylic acids is 1. The number of benzene rings is 1. The van der Waals surface area contributed by atoms with E-state index in [-0.39, 0.29) is 5.91 Å². The zero-order chi connectivity index (χ0) is 23.4. The van der Waals surface area contributed by atoms with Crippen LogP contribution in [0.4, 0.5) is 0 Å². The second-order valence-corrected chi connectivity index (χ2v) is 14.9. The van der Waals surface area contributed by atoms with Crippen LogP contribution in [0.1, 0.15) is 23.7 Å². The van der Waals surface area contributed by atoms with Gasteiger partial charge in [-0.05, 0) is 36.7 Å². The summed E-state index contributed by atoms with van der Waals surface area (Å²) in [4.78, 5) is 25.2. The van der Waals surface area contributed by atoms with Crippen LogP contribution in [0.3, 0.4) is 0 Å². The number of hydrogen-bond acceptors (Lipinski definition) is 5. The minimum absolute atomic E-state index is 0.178. The molecule has 0 saturated carbocycles. The summed E-state index contributed by atoms with van der Waals surface area (Å²) in [6.45, 7) is 10.6. The van der Waals surface area contributed by atoms with Crippen LogP contribution in [0.2, 0.25) is 25.7 Å². The molecule has 9 heteroatoms. The number of hydrogen-bond donors (Lipinski definition) is 2. The number of aromatic amines is 1. The first-order valence-corrected chi connectivity index (χ1v) is 15.0. The molecule has 4 rings (SSSR count). The van der Waals surface area contributed by atoms with E-state index in [1.807, 2.05) is 42.0 Å². The molecule has 3 aromatic heterocycles. The van der Waals surface area contributed by atoms with Crippen molar-refractivity contribution >= 4 is 36.0 Å². The van der Waals surface area contributed by atoms with E-state index in [1.54, 1.807) is 12.4 Å². The molecule has 0 aliphatic rings. The molecule has 0 atom stereocenters. The van der Waals surface area contributed by atoms with Crippen molar-refractivity contribution in [2.45, 2.75) is 45.8 Å². The van der Waals surface area contributed by atoms with E-state index in [1.165, 1.54) is 0 Å². The van der Waals surface area contributed by atoms with E-state index in [0.29, 0.717) is 48.2 Å². The van der Waals surface area contributed by atoms with Gasteiger partial charge in [-0.3, -0.25) is 4.79 Å². The highest BCUT2D eigenvalue weighted by atomic mass is 28.3. The summed E-state index contributed by atoms with van der Waals surface area (Å²) in [5, 5.41) is 3.97. The van der Waals surface area contributed by atoms with Gasteiger partial charge in [0.15, 0.2) is 5.65 Å². The maximum atomic E-state index is 12.8. The molecule has 0 fully saturated rings. The molecule has 3 heterocycles. The number of nitrogens with zero attached hydrogens (tertiary/aromatic N) is 3. The van der Waals surface area contributed by atoms with Crippen LogP contribution in [0.5, 0.6) is 11.6 Å². The SMILES string of the molecule is CCCNC(=O)c1cn(COCC[Si](C)(C)C)c2ncc(Oc3ccc4[nH]ccc4c3)nc12. The van der Waals surface area contributed by atoms with Crippen LogP contribution >= 0.6 is 0 Å². The van der Waals surface area contributed by atoms with Gasteiger partial charge in [0.1, 0.15) is 18.0 Å². The Hall–Kier alpha value is -3.17. The molecule has 0 radical (unpaired) electrons. The standard InChI is InChI=1S/C24H31N5O3Si/c1-5-9-26-24(30)19-15-29(16-31-11-12-33(2,3)4)23-22(19)28-21(14-27-23)32-18-6-7-20-17(13-18)8-10-25-20/h6-8,10,13-15,25H,5,9,11-12,16H2,1-4H3,(H,26,30). The maximum Gasteiger partial charge on any atom is 0.255 e. The maximum absolute atomic E-state index is 12.8. The molecule has 8 nitrogen and oxygen atoms in total. The second kappa shape index (κ2) is 9.76. The average molecular weight is 466 g/mol. The summed E-state index contributed by atoms with van der Waals surface area (Å²) in [6.07, 6.45) is 6.08. The molecule has 0 spiro atoms. The van der Waals surface area contributed by atoms with Crippen molar-refractivity contribution < 1.29 is 14.3 Å². The van der Waals surface area contributed by atoms with E-state index in [9.17, 15) is 4.79 Å². The van der Waals surface area contributed by atoms with Crippen molar-refractivity contribution in [1.29, 1.82) is 0 Å². The predicted octanol–water partition coefficient (Wildman–Crippen LogP) is 5.16. The third kappa shape index (κ3) is 5.61. The van der Waals surface area contributed by atoms with Crippen LogP contribution in [0.25, 0.3) is 22.1 Å². The molecule has 1 aromatic carbocycles. The van der Waals surface area contributed by atoms with Gasteiger partial charge in [0.2, 0.25) is 5.88 Å². The number of aromatic nitrogens is 4. The molecule has 0 unspecified atom stereocenters. The Bertz CT molecular complexity index is 1260. The van der Waals surface area contributed by atoms with Crippen molar-refractivity contribution in [2.24, 2.45) is 0 Å². The van der Waals surface area contributed by atoms with Crippen LogP contribution in [-0.2, 0) is 11.5 Å². The number of rotatable bonds is 10. The zero-order valence-corrected chi connectivity index (χ0v) is 20.6. The highest BCUT2D eigenvalue weighted by molar-refractivity contribution is 6.76. The molecule has 0 aliphatic carbocycles. The van der Waals surface area contributed by atoms with E-state index in [0.717, 1.165) is 23.4 Å². The Kier molecular flexibility index (Phi) is 6.80. The third-order valence-corrected chi connectivity index (χ3v) is 7.00. The van der Waals surface area contributed by atoms with Gasteiger partial charge in [0.05, 0.1) is 11.8 Å². The Morgan fingerprint density at radius 1 is 1.24 bits per heavy atom. The molecule has 0 aliphatic heterocycles. The lowest BCUT2D eigenvalue weighted by atomic mass is 10.2. The van der Waals surface area contributed by atoms with E-state index >= 15 is 0 Å². The van der Waals surface area contributed by atoms with Gasteiger partial charge in [-0.15, -0.1) is 0 Å². The number of carbonyl (C=O) groups is 1. The Morgan fingerprint density at radius 3 is 2.88 bits per heavy atom. The Labute approximate surface area is 194 Å². The van der Waals surface area contributed by atoms with Gasteiger partial charge in [0.25, 0.3) is 5.91 Å². The van der Waals surface area contributed by atoms with Crippen LogP contribution < -0.4 is 10.1 Å². The van der Waals surface area contributed by atoms with Gasteiger partial charge in [-0.1, -0.05) is 26.6 Å². The molecule has 33 heavy (non-hydrogen) atoms. The number of nitrogens with one attached hydrogen (secondary N) is 2. The fourth-order valence-electron chi connectivity index (χ4n) is 3.44. The quantitative estimate of drug-likeness (QED) is 0.249. The van der Waals surface area contributed by atoms with E-state index < -0.39 is 8.07 Å². The van der Waals surface area contributed by atoms with Crippen molar-refractivity contribution in [2.75, 3.05) is 13.2 Å². The summed E-state index contributed by atoms with van der Waals surface area (Å²) in [6, 6.07) is 8.82. The fraction of sp³-hybridized carbons (Fsp3) is 0.375. The van der Waals surface area contributed by atoms with Gasteiger partial charge in [0, 0.05) is 44.5 Å². The first kappa shape index (κ1) is 23.0. The van der Waals surface area contributed by atoms with Crippen molar-refractivity contribution in [3.63, 3.8) is 0 Å². The minimum Gasteiger partial charge on any atom is -0.437 e. The van der Waals surface area contributed by atoms with E-state index in [4.69, 9.17) is 9.47 Å². The summed E-state index contributed by atoms with van der Waals surface area (Å²) in [5.74, 6) is 0.809. The van der Waals surface area contributed by atoms with Gasteiger partial charge in [-0.2, -0.15) is 0 Å². The van der Waals surface area contributed by atoms with Crippen molar-refractivity contribution in [3.8, 4) is 11.6 Å². The summed E-state index contributed by atoms with van der Waals surface area (Å²) in [7, 11) is -1.18. The first-order chi connectivity index (χ1) is 15.8. The molecular formula is C24H31N5O3Si. The lowest BCUT2D eigenvalue weighted by Gasteiger charge is -2.15.